The summed E-state index contributed by atoms with van der Waals surface area (Å²) in [7, 11) is 0. The van der Waals surface area contributed by atoms with Crippen molar-refractivity contribution in [1.82, 2.24) is 9.80 Å². The van der Waals surface area contributed by atoms with Crippen molar-refractivity contribution in [2.45, 2.75) is 63.4 Å². The molecule has 1 N–H and O–H groups in total. The maximum atomic E-state index is 12.1. The van der Waals surface area contributed by atoms with Gasteiger partial charge in [0.2, 0.25) is 5.91 Å². The minimum absolute atomic E-state index is 0.0333. The summed E-state index contributed by atoms with van der Waals surface area (Å²) < 4.78 is 38.0. The Morgan fingerprint density at radius 2 is 2.00 bits per heavy atom. The number of nitrogens with zero attached hydrogens (tertiary/aromatic N) is 2. The number of halogens is 3. The second-order valence-corrected chi connectivity index (χ2v) is 8.56. The predicted octanol–water partition coefficient (Wildman–Crippen LogP) is 3.37. The molecule has 0 radical (unpaired) electrons. The lowest BCUT2D eigenvalue weighted by atomic mass is 9.89. The Balaban J connectivity index is 0.000000339. The molecule has 172 valence electrons. The lowest BCUT2D eigenvalue weighted by Gasteiger charge is -2.41. The molecule has 1 aromatic carbocycles. The van der Waals surface area contributed by atoms with Crippen LogP contribution in [0.3, 0.4) is 0 Å². The fraction of sp³-hybridized carbons (Fsp3) is 0.636. The molecule has 1 amide bonds. The summed E-state index contributed by atoms with van der Waals surface area (Å²) >= 11 is 0. The highest BCUT2D eigenvalue weighted by Gasteiger charge is 2.45. The summed E-state index contributed by atoms with van der Waals surface area (Å²) in [6, 6.07) is 9.04. The summed E-state index contributed by atoms with van der Waals surface area (Å²) in [5.74, 6) is -2.40. The van der Waals surface area contributed by atoms with E-state index in [-0.39, 0.29) is 5.60 Å². The molecular formula is C22H29F3N2O4. The number of amides is 1. The van der Waals surface area contributed by atoms with Gasteiger partial charge in [-0.05, 0) is 43.7 Å². The van der Waals surface area contributed by atoms with Gasteiger partial charge in [-0.3, -0.25) is 9.69 Å². The van der Waals surface area contributed by atoms with E-state index in [2.05, 4.69) is 41.0 Å². The van der Waals surface area contributed by atoms with E-state index in [1.807, 2.05) is 0 Å². The van der Waals surface area contributed by atoms with Crippen molar-refractivity contribution >= 4 is 11.9 Å². The van der Waals surface area contributed by atoms with Gasteiger partial charge < -0.3 is 14.7 Å². The Labute approximate surface area is 180 Å². The highest BCUT2D eigenvalue weighted by Crippen LogP contribution is 2.37. The molecule has 0 aromatic heterocycles. The molecule has 0 unspecified atom stereocenters. The summed E-state index contributed by atoms with van der Waals surface area (Å²) in [6.45, 7) is 7.03. The van der Waals surface area contributed by atoms with Crippen LogP contribution in [0.2, 0.25) is 0 Å². The molecule has 3 saturated heterocycles. The number of hydrogen-bond donors (Lipinski definition) is 1. The maximum Gasteiger partial charge on any atom is 0.490 e. The summed E-state index contributed by atoms with van der Waals surface area (Å²) in [4.78, 5) is 25.6. The van der Waals surface area contributed by atoms with Crippen molar-refractivity contribution in [3.63, 3.8) is 0 Å². The number of likely N-dealkylation sites (tertiary alicyclic amines) is 2. The number of carboxylic acids is 1. The maximum absolute atomic E-state index is 12.1. The molecule has 3 heterocycles. The largest absolute Gasteiger partial charge is 0.490 e. The molecular weight excluding hydrogens is 413 g/mol. The van der Waals surface area contributed by atoms with E-state index >= 15 is 0 Å². The monoisotopic (exact) mass is 442 g/mol. The zero-order valence-electron chi connectivity index (χ0n) is 17.7. The van der Waals surface area contributed by atoms with Crippen molar-refractivity contribution in [3.05, 3.63) is 35.4 Å². The van der Waals surface area contributed by atoms with Gasteiger partial charge in [0.1, 0.15) is 0 Å². The number of alkyl halides is 3. The molecule has 6 nitrogen and oxygen atoms in total. The van der Waals surface area contributed by atoms with Crippen LogP contribution in [0, 0.1) is 6.92 Å². The van der Waals surface area contributed by atoms with Crippen molar-refractivity contribution in [2.75, 3.05) is 26.2 Å². The molecule has 3 aliphatic rings. The molecule has 2 atom stereocenters. The van der Waals surface area contributed by atoms with Gasteiger partial charge in [-0.15, -0.1) is 0 Å². The lowest BCUT2D eigenvalue weighted by molar-refractivity contribution is -0.192. The first-order valence-electron chi connectivity index (χ1n) is 10.6. The number of ether oxygens (including phenoxy) is 1. The fourth-order valence-electron chi connectivity index (χ4n) is 4.70. The molecule has 4 rings (SSSR count). The third-order valence-electron chi connectivity index (χ3n) is 6.31. The predicted molar refractivity (Wildman–Crippen MR) is 107 cm³/mol. The zero-order valence-corrected chi connectivity index (χ0v) is 17.7. The molecule has 9 heteroatoms. The van der Waals surface area contributed by atoms with Crippen molar-refractivity contribution in [3.8, 4) is 0 Å². The van der Waals surface area contributed by atoms with Crippen LogP contribution in [0.1, 0.15) is 43.2 Å². The van der Waals surface area contributed by atoms with Crippen LogP contribution in [0.25, 0.3) is 0 Å². The molecule has 0 aliphatic carbocycles. The molecule has 31 heavy (non-hydrogen) atoms. The highest BCUT2D eigenvalue weighted by molar-refractivity contribution is 5.78. The smallest absolute Gasteiger partial charge is 0.475 e. The van der Waals surface area contributed by atoms with E-state index in [4.69, 9.17) is 14.6 Å². The quantitative estimate of drug-likeness (QED) is 0.777. The van der Waals surface area contributed by atoms with Gasteiger partial charge in [-0.1, -0.05) is 24.3 Å². The standard InChI is InChI=1S/C20H28N2O2.C2HF3O2/c1-16-5-2-3-6-17(16)14-21-11-9-20(15-21)13-18(8-12-24-20)22-10-4-7-19(22)23;3-2(4,5)1(6)7/h2-3,5-6,18H,4,7-15H2,1H3;(H,6,7)/t18-,20-;/m1./s1. The second-order valence-electron chi connectivity index (χ2n) is 8.56. The van der Waals surface area contributed by atoms with E-state index in [0.29, 0.717) is 11.9 Å². The normalized spacial score (nSPS) is 26.8. The van der Waals surface area contributed by atoms with Crippen LogP contribution in [-0.2, 0) is 20.9 Å². The fourth-order valence-corrected chi connectivity index (χ4v) is 4.70. The minimum Gasteiger partial charge on any atom is -0.475 e. The van der Waals surface area contributed by atoms with Gasteiger partial charge in [0, 0.05) is 45.2 Å². The Hall–Kier alpha value is -2.13. The van der Waals surface area contributed by atoms with Gasteiger partial charge in [-0.2, -0.15) is 13.2 Å². The molecule has 1 aromatic rings. The third kappa shape index (κ3) is 5.98. The van der Waals surface area contributed by atoms with Gasteiger partial charge in [0.05, 0.1) is 5.60 Å². The van der Waals surface area contributed by atoms with Gasteiger partial charge >= 0.3 is 12.1 Å². The molecule has 0 saturated carbocycles. The van der Waals surface area contributed by atoms with Crippen LogP contribution in [0.4, 0.5) is 13.2 Å². The highest BCUT2D eigenvalue weighted by atomic mass is 19.4. The molecule has 1 spiro atoms. The average Bonchev–Trinajstić information content (AvgIpc) is 3.30. The number of rotatable bonds is 3. The SMILES string of the molecule is Cc1ccccc1CN1CC[C@@]2(C[C@H](N3CCCC3=O)CCO2)C1.O=C(O)C(F)(F)F. The van der Waals surface area contributed by atoms with E-state index in [0.717, 1.165) is 64.9 Å². The summed E-state index contributed by atoms with van der Waals surface area (Å²) in [5.41, 5.74) is 2.74. The lowest BCUT2D eigenvalue weighted by Crippen LogP contribution is -2.50. The molecule has 3 fully saturated rings. The number of hydrogen-bond acceptors (Lipinski definition) is 4. The first-order valence-corrected chi connectivity index (χ1v) is 10.6. The summed E-state index contributed by atoms with van der Waals surface area (Å²) in [6.07, 6.45) is -0.196. The number of carboxylic acid groups (broad SMARTS) is 1. The Morgan fingerprint density at radius 1 is 1.29 bits per heavy atom. The van der Waals surface area contributed by atoms with Crippen molar-refractivity contribution in [1.29, 1.82) is 0 Å². The van der Waals surface area contributed by atoms with Crippen LogP contribution < -0.4 is 0 Å². The average molecular weight is 442 g/mol. The van der Waals surface area contributed by atoms with Gasteiger partial charge in [0.25, 0.3) is 0 Å². The van der Waals surface area contributed by atoms with E-state index in [1.165, 1.54) is 11.1 Å². The van der Waals surface area contributed by atoms with Gasteiger partial charge in [0.15, 0.2) is 0 Å². The van der Waals surface area contributed by atoms with Crippen molar-refractivity contribution in [2.24, 2.45) is 0 Å². The molecule has 0 bridgehead atoms. The number of carbonyl (C=O) groups excluding carboxylic acids is 1. The minimum atomic E-state index is -5.08. The number of benzene rings is 1. The van der Waals surface area contributed by atoms with E-state index < -0.39 is 12.1 Å². The second kappa shape index (κ2) is 9.56. The first-order chi connectivity index (χ1) is 14.6. The Morgan fingerprint density at radius 3 is 2.61 bits per heavy atom. The van der Waals surface area contributed by atoms with Crippen LogP contribution in [-0.4, -0.2) is 70.8 Å². The van der Waals surface area contributed by atoms with Crippen LogP contribution in [0.15, 0.2) is 24.3 Å². The van der Waals surface area contributed by atoms with E-state index in [1.54, 1.807) is 0 Å². The number of carbonyl (C=O) groups is 2. The van der Waals surface area contributed by atoms with Crippen LogP contribution in [0.5, 0.6) is 0 Å². The number of aliphatic carboxylic acids is 1. The first kappa shape index (κ1) is 23.5. The topological polar surface area (TPSA) is 70.1 Å². The van der Waals surface area contributed by atoms with E-state index in [9.17, 15) is 18.0 Å². The van der Waals surface area contributed by atoms with Crippen LogP contribution >= 0.6 is 0 Å². The Bertz CT molecular complexity index is 801. The number of aryl methyl sites for hydroxylation is 1. The van der Waals surface area contributed by atoms with Crippen molar-refractivity contribution < 1.29 is 32.6 Å². The molecule has 3 aliphatic heterocycles. The Kier molecular flexibility index (Phi) is 7.26. The summed E-state index contributed by atoms with van der Waals surface area (Å²) in [5, 5.41) is 7.12. The third-order valence-corrected chi connectivity index (χ3v) is 6.31. The van der Waals surface area contributed by atoms with Gasteiger partial charge in [-0.25, -0.2) is 4.79 Å². The zero-order chi connectivity index (χ0) is 22.6.